The number of hydrogen-bond donors (Lipinski definition) is 2. The molecule has 0 spiro atoms. The molecule has 1 amide bonds. The van der Waals surface area contributed by atoms with Gasteiger partial charge < -0.3 is 10.5 Å². The van der Waals surface area contributed by atoms with Crippen LogP contribution in [0.25, 0.3) is 0 Å². The Bertz CT molecular complexity index is 645. The van der Waals surface area contributed by atoms with Crippen LogP contribution < -0.4 is 5.32 Å². The monoisotopic (exact) mass is 447 g/mol. The topological polar surface area (TPSA) is 95.7 Å². The fourth-order valence-electron chi connectivity index (χ4n) is 3.15. The number of nitrogens with zero attached hydrogens (tertiary/aromatic N) is 2. The molecule has 0 bridgehead atoms. The molecule has 7 nitrogen and oxygen atoms in total. The van der Waals surface area contributed by atoms with Gasteiger partial charge in [0.15, 0.2) is 0 Å². The second-order valence-electron chi connectivity index (χ2n) is 7.25. The highest BCUT2D eigenvalue weighted by molar-refractivity contribution is 14.1. The number of carbonyl (C=O) groups excluding carboxylic acids is 1. The van der Waals surface area contributed by atoms with Gasteiger partial charge >= 0.3 is 0 Å². The van der Waals surface area contributed by atoms with Gasteiger partial charge in [-0.2, -0.15) is 5.06 Å². The first-order valence-corrected chi connectivity index (χ1v) is 8.89. The van der Waals surface area contributed by atoms with Crippen LogP contribution in [0.3, 0.4) is 0 Å². The number of non-ortho nitro benzene ring substituents is 1. The predicted octanol–water partition coefficient (Wildman–Crippen LogP) is 3.21. The minimum atomic E-state index is -0.578. The number of hydrogen-bond acceptors (Lipinski definition) is 5. The molecule has 2 rings (SSSR count). The van der Waals surface area contributed by atoms with Crippen LogP contribution in [0.1, 0.15) is 43.6 Å². The van der Waals surface area contributed by atoms with Crippen molar-refractivity contribution in [1.29, 1.82) is 0 Å². The molecule has 8 heteroatoms. The smallest absolute Gasteiger partial charge is 0.269 e. The molecule has 0 aromatic heterocycles. The van der Waals surface area contributed by atoms with Crippen molar-refractivity contribution < 1.29 is 14.9 Å². The molecular formula is C16H22IN3O4. The molecule has 1 aliphatic heterocycles. The number of alkyl halides is 1. The summed E-state index contributed by atoms with van der Waals surface area (Å²) in [5.41, 5.74) is -0.299. The minimum Gasteiger partial charge on any atom is -0.350 e. The molecule has 24 heavy (non-hydrogen) atoms. The van der Waals surface area contributed by atoms with Crippen molar-refractivity contribution in [1.82, 2.24) is 10.4 Å². The van der Waals surface area contributed by atoms with Gasteiger partial charge in [-0.05, 0) is 39.7 Å². The number of carbonyl (C=O) groups is 1. The average Bonchev–Trinajstić information content (AvgIpc) is 2.66. The van der Waals surface area contributed by atoms with Gasteiger partial charge in [-0.15, -0.1) is 0 Å². The van der Waals surface area contributed by atoms with E-state index in [-0.39, 0.29) is 17.6 Å². The highest BCUT2D eigenvalue weighted by Crippen LogP contribution is 2.39. The first-order valence-electron chi connectivity index (χ1n) is 7.65. The van der Waals surface area contributed by atoms with E-state index in [1.165, 1.54) is 17.2 Å². The molecular weight excluding hydrogens is 425 g/mol. The number of nitrogens with one attached hydrogen (secondary N) is 1. The van der Waals surface area contributed by atoms with E-state index < -0.39 is 19.9 Å². The lowest BCUT2D eigenvalue weighted by molar-refractivity contribution is -0.384. The van der Waals surface area contributed by atoms with Crippen LogP contribution in [0.5, 0.6) is 0 Å². The van der Waals surface area contributed by atoms with Crippen molar-refractivity contribution in [2.24, 2.45) is 0 Å². The summed E-state index contributed by atoms with van der Waals surface area (Å²) in [6.07, 6.45) is 0.631. The highest BCUT2D eigenvalue weighted by Gasteiger charge is 2.52. The number of nitro benzene ring substituents is 1. The lowest BCUT2D eigenvalue weighted by Crippen LogP contribution is -2.53. The van der Waals surface area contributed by atoms with Crippen molar-refractivity contribution in [2.75, 3.05) is 0 Å². The quantitative estimate of drug-likeness (QED) is 0.320. The van der Waals surface area contributed by atoms with Crippen molar-refractivity contribution in [3.8, 4) is 0 Å². The summed E-state index contributed by atoms with van der Waals surface area (Å²) >= 11 is 2.02. The molecule has 1 saturated heterocycles. The summed E-state index contributed by atoms with van der Waals surface area (Å²) in [4.78, 5) is 22.8. The van der Waals surface area contributed by atoms with E-state index in [9.17, 15) is 20.1 Å². The summed E-state index contributed by atoms with van der Waals surface area (Å²) in [6, 6.07) is 5.78. The Labute approximate surface area is 154 Å². The van der Waals surface area contributed by atoms with Gasteiger partial charge in [-0.25, -0.2) is 0 Å². The lowest BCUT2D eigenvalue weighted by atomic mass is 9.94. The molecule has 2 N–H and O–H groups in total. The summed E-state index contributed by atoms with van der Waals surface area (Å²) in [7, 11) is 0. The third kappa shape index (κ3) is 3.55. The Kier molecular flexibility index (Phi) is 5.22. The van der Waals surface area contributed by atoms with E-state index in [1.807, 2.05) is 50.3 Å². The Morgan fingerprint density at radius 3 is 2.33 bits per heavy atom. The highest BCUT2D eigenvalue weighted by atomic mass is 127. The average molecular weight is 447 g/mol. The molecule has 1 aromatic rings. The molecule has 132 valence electrons. The lowest BCUT2D eigenvalue weighted by Gasteiger charge is -2.36. The number of benzene rings is 1. The first kappa shape index (κ1) is 19.1. The Balaban J connectivity index is 2.10. The van der Waals surface area contributed by atoms with Crippen LogP contribution in [0.4, 0.5) is 5.69 Å². The largest absolute Gasteiger partial charge is 0.350 e. The Morgan fingerprint density at radius 2 is 1.92 bits per heavy atom. The number of amides is 1. The summed E-state index contributed by atoms with van der Waals surface area (Å²) in [5.74, 6) is -0.173. The third-order valence-electron chi connectivity index (χ3n) is 4.62. The molecule has 0 aliphatic carbocycles. The summed E-state index contributed by atoms with van der Waals surface area (Å²) < 4.78 is -0.463. The standard InChI is InChI=1S/C16H22IN3O4/c1-15(2)9-12(16(3,4)20(15)24)18-14(21)13(17)10-5-7-11(8-6-10)19(22)23/h5-8,12-13,24H,9H2,1-4H3,(H,18,21). The van der Waals surface area contributed by atoms with Crippen LogP contribution >= 0.6 is 22.6 Å². The van der Waals surface area contributed by atoms with Crippen molar-refractivity contribution in [3.63, 3.8) is 0 Å². The second kappa shape index (κ2) is 6.57. The maximum absolute atomic E-state index is 12.6. The SMILES string of the molecule is CC1(C)CC(NC(=O)C(I)c2ccc([N+](=O)[O-])cc2)C(C)(C)N1O. The predicted molar refractivity (Wildman–Crippen MR) is 98.2 cm³/mol. The van der Waals surface area contributed by atoms with E-state index >= 15 is 0 Å². The zero-order valence-electron chi connectivity index (χ0n) is 14.1. The Morgan fingerprint density at radius 1 is 1.38 bits per heavy atom. The Hall–Kier alpha value is -1.26. The number of hydroxylamine groups is 2. The van der Waals surface area contributed by atoms with Crippen LogP contribution in [0, 0.1) is 10.1 Å². The fourth-order valence-corrected chi connectivity index (χ4v) is 3.75. The van der Waals surface area contributed by atoms with Crippen LogP contribution in [0.15, 0.2) is 24.3 Å². The maximum atomic E-state index is 12.6. The van der Waals surface area contributed by atoms with Crippen LogP contribution in [-0.4, -0.2) is 38.2 Å². The molecule has 2 unspecified atom stereocenters. The van der Waals surface area contributed by atoms with Crippen molar-refractivity contribution in [3.05, 3.63) is 39.9 Å². The number of halogens is 1. The van der Waals surface area contributed by atoms with Gasteiger partial charge in [0.1, 0.15) is 3.92 Å². The summed E-state index contributed by atoms with van der Waals surface area (Å²) in [6.45, 7) is 7.64. The molecule has 0 saturated carbocycles. The molecule has 1 aromatic carbocycles. The van der Waals surface area contributed by atoms with Crippen molar-refractivity contribution >= 4 is 34.2 Å². The normalized spacial score (nSPS) is 23.7. The van der Waals surface area contributed by atoms with E-state index in [1.54, 1.807) is 12.1 Å². The zero-order chi connectivity index (χ0) is 18.3. The minimum absolute atomic E-state index is 0.00245. The van der Waals surface area contributed by atoms with Crippen LogP contribution in [-0.2, 0) is 4.79 Å². The van der Waals surface area contributed by atoms with Gasteiger partial charge in [-0.3, -0.25) is 14.9 Å². The number of nitro groups is 1. The summed E-state index contributed by atoms with van der Waals surface area (Å²) in [5, 5.41) is 25.3. The van der Waals surface area contributed by atoms with E-state index in [4.69, 9.17) is 0 Å². The molecule has 1 heterocycles. The van der Waals surface area contributed by atoms with Gasteiger partial charge in [0, 0.05) is 17.7 Å². The third-order valence-corrected chi connectivity index (χ3v) is 5.90. The van der Waals surface area contributed by atoms with Gasteiger partial charge in [-0.1, -0.05) is 34.7 Å². The zero-order valence-corrected chi connectivity index (χ0v) is 16.3. The molecule has 1 fully saturated rings. The van der Waals surface area contributed by atoms with Crippen molar-refractivity contribution in [2.45, 2.75) is 55.2 Å². The number of rotatable bonds is 4. The fraction of sp³-hybridized carbons (Fsp3) is 0.562. The maximum Gasteiger partial charge on any atom is 0.269 e. The van der Waals surface area contributed by atoms with Gasteiger partial charge in [0.25, 0.3) is 5.69 Å². The van der Waals surface area contributed by atoms with Crippen LogP contribution in [0.2, 0.25) is 0 Å². The second-order valence-corrected chi connectivity index (χ2v) is 8.50. The van der Waals surface area contributed by atoms with E-state index in [0.29, 0.717) is 12.0 Å². The van der Waals surface area contributed by atoms with E-state index in [0.717, 1.165) is 0 Å². The molecule has 1 aliphatic rings. The molecule has 2 atom stereocenters. The van der Waals surface area contributed by atoms with Gasteiger partial charge in [0.2, 0.25) is 5.91 Å². The van der Waals surface area contributed by atoms with Gasteiger partial charge in [0.05, 0.1) is 16.5 Å². The first-order chi connectivity index (χ1) is 11.0. The molecule has 0 radical (unpaired) electrons. The van der Waals surface area contributed by atoms with E-state index in [2.05, 4.69) is 5.32 Å².